The van der Waals surface area contributed by atoms with Crippen LogP contribution in [-0.4, -0.2) is 25.8 Å². The van der Waals surface area contributed by atoms with Crippen molar-refractivity contribution >= 4 is 22.5 Å². The van der Waals surface area contributed by atoms with Crippen molar-refractivity contribution < 1.29 is 13.0 Å². The Kier molecular flexibility index (Phi) is 7.72. The number of halogens is 1. The summed E-state index contributed by atoms with van der Waals surface area (Å²) in [6.45, 7) is 0.666. The van der Waals surface area contributed by atoms with Gasteiger partial charge in [-0.1, -0.05) is 30.2 Å². The maximum atomic E-state index is 9.19. The Balaban J connectivity index is 0.000000471. The predicted octanol–water partition coefficient (Wildman–Crippen LogP) is 1.82. The van der Waals surface area contributed by atoms with E-state index in [9.17, 15) is 8.42 Å². The summed E-state index contributed by atoms with van der Waals surface area (Å²) in [5.74, 6) is 2.61. The minimum Gasteiger partial charge on any atom is -0.299 e. The van der Waals surface area contributed by atoms with Gasteiger partial charge < -0.3 is 0 Å². The fourth-order valence-electron chi connectivity index (χ4n) is 1.95. The second-order valence-electron chi connectivity index (χ2n) is 4.11. The van der Waals surface area contributed by atoms with Crippen LogP contribution in [0.3, 0.4) is 0 Å². The second kappa shape index (κ2) is 8.18. The maximum Gasteiger partial charge on any atom is 0.261 e. The summed E-state index contributed by atoms with van der Waals surface area (Å²) in [6, 6.07) is 9.06. The average Bonchev–Trinajstić information content (AvgIpc) is 2.67. The van der Waals surface area contributed by atoms with Gasteiger partial charge in [-0.25, -0.2) is 0 Å². The molecule has 6 heteroatoms. The fourth-order valence-corrected chi connectivity index (χ4v) is 1.95. The molecule has 2 N–H and O–H groups in total. The van der Waals surface area contributed by atoms with Crippen LogP contribution in [0.4, 0.5) is 0 Å². The van der Waals surface area contributed by atoms with Crippen molar-refractivity contribution in [2.24, 2.45) is 0 Å². The Morgan fingerprint density at radius 1 is 1.47 bits per heavy atom. The molecule has 0 saturated carbocycles. The highest BCUT2D eigenvalue weighted by molar-refractivity contribution is 7.85. The molecule has 0 saturated heterocycles. The summed E-state index contributed by atoms with van der Waals surface area (Å²) < 4.78 is 25.9. The van der Waals surface area contributed by atoms with Crippen LogP contribution >= 0.6 is 12.4 Å². The molecule has 0 amide bonds. The zero-order valence-electron chi connectivity index (χ0n) is 10.7. The van der Waals surface area contributed by atoms with Gasteiger partial charge in [0.05, 0.1) is 12.8 Å². The number of nitrogens with one attached hydrogen (secondary N) is 1. The lowest BCUT2D eigenvalue weighted by Crippen LogP contribution is -2.19. The summed E-state index contributed by atoms with van der Waals surface area (Å²) >= 11 is 0. The summed E-state index contributed by atoms with van der Waals surface area (Å²) in [5.41, 5.74) is 2.90. The Labute approximate surface area is 120 Å². The predicted molar refractivity (Wildman–Crippen MR) is 79.1 cm³/mol. The van der Waals surface area contributed by atoms with Crippen LogP contribution in [0, 0.1) is 12.3 Å². The van der Waals surface area contributed by atoms with Gasteiger partial charge in [0.2, 0.25) is 0 Å². The molecule has 0 heterocycles. The van der Waals surface area contributed by atoms with E-state index in [0.29, 0.717) is 18.8 Å². The standard InChI is InChI=1S/C12H13N.CH4O3S.ClH/c1-2-9-13-12-8-7-10-5-3-4-6-11(10)12;1-5(2,3)4;/h1,3-6,12-13H,7-9H2;1H3,(H,2,3,4);1H/t12-;;/m1../s1. The van der Waals surface area contributed by atoms with Crippen molar-refractivity contribution in [2.45, 2.75) is 18.9 Å². The summed E-state index contributed by atoms with van der Waals surface area (Å²) in [4.78, 5) is 0. The smallest absolute Gasteiger partial charge is 0.261 e. The summed E-state index contributed by atoms with van der Waals surface area (Å²) in [6.07, 6.45) is 8.29. The Morgan fingerprint density at radius 3 is 2.63 bits per heavy atom. The van der Waals surface area contributed by atoms with Crippen molar-refractivity contribution in [1.82, 2.24) is 5.32 Å². The Morgan fingerprint density at radius 2 is 2.05 bits per heavy atom. The molecular formula is C13H18ClNO3S. The molecule has 0 bridgehead atoms. The van der Waals surface area contributed by atoms with Gasteiger partial charge in [-0.2, -0.15) is 8.42 Å². The Bertz CT molecular complexity index is 529. The topological polar surface area (TPSA) is 66.4 Å². The van der Waals surface area contributed by atoms with E-state index in [4.69, 9.17) is 11.0 Å². The van der Waals surface area contributed by atoms with E-state index in [1.807, 2.05) is 0 Å². The number of hydrogen-bond donors (Lipinski definition) is 2. The molecule has 4 nitrogen and oxygen atoms in total. The van der Waals surface area contributed by atoms with Gasteiger partial charge in [0, 0.05) is 6.04 Å². The van der Waals surface area contributed by atoms with Crippen LogP contribution in [-0.2, 0) is 16.5 Å². The normalized spacial score (nSPS) is 16.4. The van der Waals surface area contributed by atoms with Gasteiger partial charge in [0.15, 0.2) is 0 Å². The first-order chi connectivity index (χ1) is 8.42. The molecule has 0 fully saturated rings. The lowest BCUT2D eigenvalue weighted by molar-refractivity contribution is 0.490. The number of terminal acetylenes is 1. The zero-order chi connectivity index (χ0) is 13.6. The van der Waals surface area contributed by atoms with Crippen molar-refractivity contribution in [2.75, 3.05) is 12.8 Å². The van der Waals surface area contributed by atoms with Crippen molar-refractivity contribution in [3.05, 3.63) is 35.4 Å². The molecule has 19 heavy (non-hydrogen) atoms. The van der Waals surface area contributed by atoms with E-state index in [0.717, 1.165) is 0 Å². The highest BCUT2D eigenvalue weighted by Gasteiger charge is 2.20. The zero-order valence-corrected chi connectivity index (χ0v) is 12.3. The number of hydrogen-bond acceptors (Lipinski definition) is 3. The van der Waals surface area contributed by atoms with Crippen molar-refractivity contribution in [1.29, 1.82) is 0 Å². The highest BCUT2D eigenvalue weighted by Crippen LogP contribution is 2.30. The van der Waals surface area contributed by atoms with Crippen LogP contribution in [0.25, 0.3) is 0 Å². The maximum absolute atomic E-state index is 9.19. The molecule has 106 valence electrons. The second-order valence-corrected chi connectivity index (χ2v) is 5.57. The van der Waals surface area contributed by atoms with E-state index in [-0.39, 0.29) is 12.4 Å². The summed E-state index contributed by atoms with van der Waals surface area (Å²) in [7, 11) is -3.67. The lowest BCUT2D eigenvalue weighted by Gasteiger charge is -2.10. The van der Waals surface area contributed by atoms with Crippen LogP contribution < -0.4 is 5.32 Å². The van der Waals surface area contributed by atoms with E-state index < -0.39 is 10.1 Å². The van der Waals surface area contributed by atoms with Crippen LogP contribution in [0.1, 0.15) is 23.6 Å². The molecule has 1 aliphatic carbocycles. The van der Waals surface area contributed by atoms with Crippen LogP contribution in [0.5, 0.6) is 0 Å². The molecule has 1 aliphatic rings. The molecule has 1 aromatic rings. The fraction of sp³-hybridized carbons (Fsp3) is 0.385. The van der Waals surface area contributed by atoms with Gasteiger partial charge >= 0.3 is 0 Å². The average molecular weight is 304 g/mol. The largest absolute Gasteiger partial charge is 0.299 e. The minimum atomic E-state index is -3.67. The third kappa shape index (κ3) is 7.19. The van der Waals surface area contributed by atoms with Crippen molar-refractivity contribution in [3.8, 4) is 12.3 Å². The van der Waals surface area contributed by atoms with Gasteiger partial charge in [0.1, 0.15) is 0 Å². The number of fused-ring (bicyclic) bond motifs is 1. The van der Waals surface area contributed by atoms with Gasteiger partial charge in [-0.3, -0.25) is 9.87 Å². The van der Waals surface area contributed by atoms with Gasteiger partial charge in [-0.05, 0) is 24.0 Å². The SMILES string of the molecule is C#CCN[C@@H]1CCc2ccccc21.CS(=O)(=O)O.Cl. The first-order valence-electron chi connectivity index (χ1n) is 5.59. The van der Waals surface area contributed by atoms with Gasteiger partial charge in [0.25, 0.3) is 10.1 Å². The molecule has 0 aliphatic heterocycles. The van der Waals surface area contributed by atoms with Gasteiger partial charge in [-0.15, -0.1) is 18.8 Å². The molecule has 1 aromatic carbocycles. The number of aryl methyl sites for hydroxylation is 1. The lowest BCUT2D eigenvalue weighted by atomic mass is 10.1. The van der Waals surface area contributed by atoms with Crippen LogP contribution in [0.15, 0.2) is 24.3 Å². The molecule has 0 aromatic heterocycles. The first kappa shape index (κ1) is 17.9. The summed E-state index contributed by atoms with van der Waals surface area (Å²) in [5, 5.41) is 3.35. The van der Waals surface area contributed by atoms with Crippen molar-refractivity contribution in [3.63, 3.8) is 0 Å². The molecule has 0 radical (unpaired) electrons. The third-order valence-electron chi connectivity index (χ3n) is 2.58. The highest BCUT2D eigenvalue weighted by atomic mass is 35.5. The van der Waals surface area contributed by atoms with E-state index >= 15 is 0 Å². The third-order valence-corrected chi connectivity index (χ3v) is 2.58. The first-order valence-corrected chi connectivity index (χ1v) is 7.43. The molecule has 1 atom stereocenters. The molecular weight excluding hydrogens is 286 g/mol. The minimum absolute atomic E-state index is 0. The molecule has 0 spiro atoms. The number of rotatable bonds is 2. The van der Waals surface area contributed by atoms with Crippen LogP contribution in [0.2, 0.25) is 0 Å². The quantitative estimate of drug-likeness (QED) is 0.646. The molecule has 0 unspecified atom stereocenters. The monoisotopic (exact) mass is 303 g/mol. The number of benzene rings is 1. The van der Waals surface area contributed by atoms with E-state index in [1.165, 1.54) is 24.0 Å². The van der Waals surface area contributed by atoms with E-state index in [1.54, 1.807) is 0 Å². The van der Waals surface area contributed by atoms with E-state index in [2.05, 4.69) is 35.5 Å². The Hall–Kier alpha value is -1.06. The molecule has 2 rings (SSSR count).